The van der Waals surface area contributed by atoms with Crippen molar-refractivity contribution in [3.05, 3.63) is 76.3 Å². The molecule has 1 aromatic carbocycles. The normalized spacial score (nSPS) is 20.0. The number of thiocarbonyl (C=S) groups is 1. The van der Waals surface area contributed by atoms with Crippen LogP contribution in [0.2, 0.25) is 5.02 Å². The average Bonchev–Trinajstić information content (AvgIpc) is 3.54. The van der Waals surface area contributed by atoms with Gasteiger partial charge in [-0.15, -0.1) is 0 Å². The Morgan fingerprint density at radius 2 is 1.97 bits per heavy atom. The number of aryl methyl sites for hydroxylation is 1. The summed E-state index contributed by atoms with van der Waals surface area (Å²) in [5, 5.41) is 4.73. The van der Waals surface area contributed by atoms with Crippen LogP contribution in [0, 0.1) is 13.8 Å². The lowest BCUT2D eigenvalue weighted by molar-refractivity contribution is 0.146. The molecule has 1 saturated carbocycles. The number of methoxy groups -OCH3 is 1. The SMILES string of the molecule is COCCOc1ccc(N2C(=S)N[C@@H](c3ccccn3)[C@H]2c2cc(C)n(C3CC3)c2C)cc1Cl. The van der Waals surface area contributed by atoms with Crippen molar-refractivity contribution in [2.75, 3.05) is 25.2 Å². The maximum absolute atomic E-state index is 6.62. The highest BCUT2D eigenvalue weighted by molar-refractivity contribution is 7.80. The van der Waals surface area contributed by atoms with Crippen molar-refractivity contribution in [1.82, 2.24) is 14.9 Å². The fraction of sp³-hybridized carbons (Fsp3) is 0.385. The van der Waals surface area contributed by atoms with Gasteiger partial charge in [-0.25, -0.2) is 0 Å². The molecule has 1 aliphatic heterocycles. The molecule has 1 saturated heterocycles. The van der Waals surface area contributed by atoms with E-state index in [1.54, 1.807) is 7.11 Å². The lowest BCUT2D eigenvalue weighted by Crippen LogP contribution is -2.29. The highest BCUT2D eigenvalue weighted by Gasteiger charge is 2.43. The van der Waals surface area contributed by atoms with Crippen LogP contribution >= 0.6 is 23.8 Å². The van der Waals surface area contributed by atoms with Gasteiger partial charge in [-0.05, 0) is 80.9 Å². The number of nitrogens with one attached hydrogen (secondary N) is 1. The van der Waals surface area contributed by atoms with E-state index in [4.69, 9.17) is 33.3 Å². The van der Waals surface area contributed by atoms with Crippen LogP contribution in [0.25, 0.3) is 0 Å². The minimum Gasteiger partial charge on any atom is -0.490 e. The lowest BCUT2D eigenvalue weighted by Gasteiger charge is -2.28. The monoisotopic (exact) mass is 496 g/mol. The number of benzene rings is 1. The predicted molar refractivity (Wildman–Crippen MR) is 139 cm³/mol. The number of halogens is 1. The van der Waals surface area contributed by atoms with E-state index in [0.717, 1.165) is 11.4 Å². The smallest absolute Gasteiger partial charge is 0.174 e. The van der Waals surface area contributed by atoms with Gasteiger partial charge in [0.1, 0.15) is 12.4 Å². The Morgan fingerprint density at radius 3 is 2.65 bits per heavy atom. The number of pyridine rings is 1. The fourth-order valence-electron chi connectivity index (χ4n) is 4.94. The van der Waals surface area contributed by atoms with Gasteiger partial charge < -0.3 is 24.3 Å². The molecule has 0 unspecified atom stereocenters. The number of nitrogens with zero attached hydrogens (tertiary/aromatic N) is 3. The summed E-state index contributed by atoms with van der Waals surface area (Å²) in [6, 6.07) is 14.6. The first-order chi connectivity index (χ1) is 16.5. The molecule has 2 fully saturated rings. The third-order valence-electron chi connectivity index (χ3n) is 6.59. The van der Waals surface area contributed by atoms with Gasteiger partial charge in [0.2, 0.25) is 0 Å². The summed E-state index contributed by atoms with van der Waals surface area (Å²) in [6.07, 6.45) is 4.31. The molecular formula is C26H29ClN4O2S. The molecule has 6 nitrogen and oxygen atoms in total. The zero-order valence-electron chi connectivity index (χ0n) is 19.6. The molecule has 2 aliphatic rings. The summed E-state index contributed by atoms with van der Waals surface area (Å²) in [5.74, 6) is 0.630. The molecule has 0 radical (unpaired) electrons. The molecule has 8 heteroatoms. The maximum Gasteiger partial charge on any atom is 0.174 e. The van der Waals surface area contributed by atoms with Crippen LogP contribution in [-0.4, -0.2) is 35.0 Å². The third kappa shape index (κ3) is 4.28. The minimum absolute atomic E-state index is 0.0579. The predicted octanol–water partition coefficient (Wildman–Crippen LogP) is 5.69. The second-order valence-corrected chi connectivity index (χ2v) is 9.67. The molecule has 5 rings (SSSR count). The van der Waals surface area contributed by atoms with Gasteiger partial charge in [0.25, 0.3) is 0 Å². The second kappa shape index (κ2) is 9.56. The Hall–Kier alpha value is -2.61. The Bertz CT molecular complexity index is 1200. The summed E-state index contributed by atoms with van der Waals surface area (Å²) in [6.45, 7) is 5.35. The Labute approximate surface area is 210 Å². The highest BCUT2D eigenvalue weighted by Crippen LogP contribution is 2.46. The Balaban J connectivity index is 1.56. The van der Waals surface area contributed by atoms with Crippen LogP contribution in [0.3, 0.4) is 0 Å². The van der Waals surface area contributed by atoms with Crippen LogP contribution in [-0.2, 0) is 4.74 Å². The quantitative estimate of drug-likeness (QED) is 0.319. The molecule has 34 heavy (non-hydrogen) atoms. The molecule has 2 atom stereocenters. The van der Waals surface area contributed by atoms with E-state index in [2.05, 4.69) is 45.7 Å². The number of anilines is 1. The number of hydrogen-bond acceptors (Lipinski definition) is 4. The van der Waals surface area contributed by atoms with E-state index in [9.17, 15) is 0 Å². The molecule has 1 N–H and O–H groups in total. The van der Waals surface area contributed by atoms with Gasteiger partial charge in [-0.1, -0.05) is 17.7 Å². The van der Waals surface area contributed by atoms with Crippen molar-refractivity contribution < 1.29 is 9.47 Å². The van der Waals surface area contributed by atoms with E-state index in [1.165, 1.54) is 29.8 Å². The summed E-state index contributed by atoms with van der Waals surface area (Å²) in [5.41, 5.74) is 5.70. The number of hydrogen-bond donors (Lipinski definition) is 1. The molecule has 2 aromatic heterocycles. The van der Waals surface area contributed by atoms with E-state index < -0.39 is 0 Å². The van der Waals surface area contributed by atoms with Crippen molar-refractivity contribution in [3.8, 4) is 5.75 Å². The van der Waals surface area contributed by atoms with Gasteiger partial charge in [0.15, 0.2) is 5.11 Å². The lowest BCUT2D eigenvalue weighted by atomic mass is 9.96. The van der Waals surface area contributed by atoms with Crippen LogP contribution in [0.15, 0.2) is 48.7 Å². The molecule has 1 aliphatic carbocycles. The molecule has 3 aromatic rings. The van der Waals surface area contributed by atoms with E-state index in [0.29, 0.717) is 35.1 Å². The van der Waals surface area contributed by atoms with Crippen molar-refractivity contribution in [2.45, 2.75) is 44.8 Å². The number of ether oxygens (including phenoxy) is 2. The zero-order chi connectivity index (χ0) is 23.8. The van der Waals surface area contributed by atoms with Gasteiger partial charge in [0.05, 0.1) is 29.4 Å². The molecular weight excluding hydrogens is 468 g/mol. The molecule has 3 heterocycles. The first-order valence-electron chi connectivity index (χ1n) is 11.6. The molecule has 0 bridgehead atoms. The summed E-state index contributed by atoms with van der Waals surface area (Å²) in [4.78, 5) is 6.83. The topological polar surface area (TPSA) is 51.6 Å². The molecule has 0 spiro atoms. The first-order valence-corrected chi connectivity index (χ1v) is 12.4. The van der Waals surface area contributed by atoms with Crippen molar-refractivity contribution >= 4 is 34.6 Å². The number of rotatable bonds is 8. The summed E-state index contributed by atoms with van der Waals surface area (Å²) in [7, 11) is 1.65. The van der Waals surface area contributed by atoms with E-state index >= 15 is 0 Å². The van der Waals surface area contributed by atoms with E-state index in [-0.39, 0.29) is 12.1 Å². The largest absolute Gasteiger partial charge is 0.490 e. The third-order valence-corrected chi connectivity index (χ3v) is 7.20. The average molecular weight is 497 g/mol. The van der Waals surface area contributed by atoms with Crippen LogP contribution < -0.4 is 15.0 Å². The van der Waals surface area contributed by atoms with Gasteiger partial charge in [0, 0.05) is 36.4 Å². The van der Waals surface area contributed by atoms with Gasteiger partial charge in [-0.2, -0.15) is 0 Å². The van der Waals surface area contributed by atoms with Crippen LogP contribution in [0.1, 0.15) is 53.6 Å². The number of aromatic nitrogens is 2. The summed E-state index contributed by atoms with van der Waals surface area (Å²) < 4.78 is 13.3. The van der Waals surface area contributed by atoms with Crippen molar-refractivity contribution in [1.29, 1.82) is 0 Å². The van der Waals surface area contributed by atoms with Gasteiger partial charge in [-0.3, -0.25) is 4.98 Å². The maximum atomic E-state index is 6.62. The first kappa shape index (κ1) is 23.1. The highest BCUT2D eigenvalue weighted by atomic mass is 35.5. The Morgan fingerprint density at radius 1 is 1.15 bits per heavy atom. The van der Waals surface area contributed by atoms with Crippen LogP contribution in [0.4, 0.5) is 5.69 Å². The fourth-order valence-corrected chi connectivity index (χ4v) is 5.51. The zero-order valence-corrected chi connectivity index (χ0v) is 21.2. The van der Waals surface area contributed by atoms with Gasteiger partial charge >= 0.3 is 0 Å². The van der Waals surface area contributed by atoms with Crippen LogP contribution in [0.5, 0.6) is 5.75 Å². The molecule has 0 amide bonds. The second-order valence-electron chi connectivity index (χ2n) is 8.88. The van der Waals surface area contributed by atoms with Crippen molar-refractivity contribution in [3.63, 3.8) is 0 Å². The van der Waals surface area contributed by atoms with Crippen molar-refractivity contribution in [2.24, 2.45) is 0 Å². The minimum atomic E-state index is -0.0849. The standard InChI is InChI=1S/C26H29ClN4O2S/c1-16-14-20(17(2)30(16)18-7-8-18)25-24(22-6-4-5-11-28-22)29-26(34)31(25)19-9-10-23(21(27)15-19)33-13-12-32-3/h4-6,9-11,14-15,18,24-25H,7-8,12-13H2,1-3H3,(H,29,34)/t24-,25+/m0/s1. The Kier molecular flexibility index (Phi) is 6.51. The molecule has 178 valence electrons. The summed E-state index contributed by atoms with van der Waals surface area (Å²) >= 11 is 12.5. The van der Waals surface area contributed by atoms with E-state index in [1.807, 2.05) is 36.5 Å².